The molecule has 0 saturated carbocycles. The Morgan fingerprint density at radius 1 is 0.339 bits per heavy atom. The zero-order valence-corrected chi connectivity index (χ0v) is 30.2. The SMILES string of the molecule is c1ccc(-c2ccc(-c3nc(-c4ccc(-c5cccc(-c6cccc7c6oc6ccccc67)c5)cc4)nc(-n4c5ccccc5c5ccccc54)n3)cc2)cc1. The summed E-state index contributed by atoms with van der Waals surface area (Å²) < 4.78 is 8.53. The third-order valence-electron chi connectivity index (χ3n) is 10.7. The highest BCUT2D eigenvalue weighted by Gasteiger charge is 2.18. The van der Waals surface area contributed by atoms with Crippen LogP contribution in [0.5, 0.6) is 0 Å². The molecule has 11 rings (SSSR count). The topological polar surface area (TPSA) is 56.7 Å². The summed E-state index contributed by atoms with van der Waals surface area (Å²) in [5, 5.41) is 4.56. The number of furan rings is 1. The Morgan fingerprint density at radius 3 is 1.50 bits per heavy atom. The lowest BCUT2D eigenvalue weighted by atomic mass is 9.97. The number of rotatable bonds is 6. The second-order valence-corrected chi connectivity index (χ2v) is 14.0. The van der Waals surface area contributed by atoms with Gasteiger partial charge in [-0.1, -0.05) is 170 Å². The van der Waals surface area contributed by atoms with Gasteiger partial charge >= 0.3 is 0 Å². The molecule has 0 saturated heterocycles. The number of nitrogens with zero attached hydrogens (tertiary/aromatic N) is 4. The molecular weight excluding hydrogens is 685 g/mol. The molecule has 11 aromatic rings. The first kappa shape index (κ1) is 31.9. The summed E-state index contributed by atoms with van der Waals surface area (Å²) in [4.78, 5) is 15.4. The fourth-order valence-electron chi connectivity index (χ4n) is 7.96. The van der Waals surface area contributed by atoms with Crippen LogP contribution in [0.25, 0.3) is 106 Å². The average Bonchev–Trinajstić information content (AvgIpc) is 3.83. The predicted octanol–water partition coefficient (Wildman–Crippen LogP) is 13.2. The first-order valence-corrected chi connectivity index (χ1v) is 18.8. The molecule has 0 aliphatic rings. The average molecular weight is 717 g/mol. The van der Waals surface area contributed by atoms with Gasteiger partial charge in [0.15, 0.2) is 11.6 Å². The van der Waals surface area contributed by atoms with E-state index >= 15 is 0 Å². The maximum atomic E-state index is 6.38. The lowest BCUT2D eigenvalue weighted by molar-refractivity contribution is 0.670. The van der Waals surface area contributed by atoms with E-state index in [0.29, 0.717) is 17.6 Å². The van der Waals surface area contributed by atoms with Gasteiger partial charge in [-0.15, -0.1) is 0 Å². The molecule has 0 aliphatic carbocycles. The van der Waals surface area contributed by atoms with Crippen LogP contribution in [0.3, 0.4) is 0 Å². The minimum atomic E-state index is 0.575. The molecule has 0 N–H and O–H groups in total. The van der Waals surface area contributed by atoms with E-state index in [2.05, 4.69) is 180 Å². The quantitative estimate of drug-likeness (QED) is 0.172. The van der Waals surface area contributed by atoms with Crippen LogP contribution in [-0.2, 0) is 0 Å². The Bertz CT molecular complexity index is 3180. The number of fused-ring (bicyclic) bond motifs is 6. The molecule has 0 radical (unpaired) electrons. The first-order chi connectivity index (χ1) is 27.7. The monoisotopic (exact) mass is 716 g/mol. The molecule has 8 aromatic carbocycles. The van der Waals surface area contributed by atoms with Crippen molar-refractivity contribution in [3.8, 4) is 62.1 Å². The minimum Gasteiger partial charge on any atom is -0.455 e. The van der Waals surface area contributed by atoms with Gasteiger partial charge in [-0.2, -0.15) is 9.97 Å². The van der Waals surface area contributed by atoms with Gasteiger partial charge in [0.2, 0.25) is 5.95 Å². The highest BCUT2D eigenvalue weighted by Crippen LogP contribution is 2.38. The number of hydrogen-bond donors (Lipinski definition) is 0. The van der Waals surface area contributed by atoms with E-state index < -0.39 is 0 Å². The van der Waals surface area contributed by atoms with Crippen LogP contribution in [0.2, 0.25) is 0 Å². The van der Waals surface area contributed by atoms with Gasteiger partial charge in [0.25, 0.3) is 0 Å². The van der Waals surface area contributed by atoms with Crippen molar-refractivity contribution in [3.63, 3.8) is 0 Å². The van der Waals surface area contributed by atoms with Crippen LogP contribution in [0.1, 0.15) is 0 Å². The predicted molar refractivity (Wildman–Crippen MR) is 229 cm³/mol. The highest BCUT2D eigenvalue weighted by molar-refractivity contribution is 6.10. The molecule has 5 heteroatoms. The van der Waals surface area contributed by atoms with Crippen LogP contribution >= 0.6 is 0 Å². The highest BCUT2D eigenvalue weighted by atomic mass is 16.3. The van der Waals surface area contributed by atoms with Gasteiger partial charge in [0.1, 0.15) is 11.2 Å². The summed E-state index contributed by atoms with van der Waals surface area (Å²) in [6.45, 7) is 0. The van der Waals surface area contributed by atoms with Gasteiger partial charge in [-0.05, 0) is 52.1 Å². The maximum absolute atomic E-state index is 6.38. The summed E-state index contributed by atoms with van der Waals surface area (Å²) in [6.07, 6.45) is 0. The fourth-order valence-corrected chi connectivity index (χ4v) is 7.96. The third-order valence-corrected chi connectivity index (χ3v) is 10.7. The van der Waals surface area contributed by atoms with E-state index in [1.54, 1.807) is 0 Å². The van der Waals surface area contributed by atoms with Crippen molar-refractivity contribution in [2.24, 2.45) is 0 Å². The van der Waals surface area contributed by atoms with Crippen molar-refractivity contribution < 1.29 is 4.42 Å². The molecule has 0 atom stereocenters. The molecule has 3 heterocycles. The molecule has 5 nitrogen and oxygen atoms in total. The van der Waals surface area contributed by atoms with Crippen LogP contribution in [0.15, 0.2) is 199 Å². The fraction of sp³-hybridized carbons (Fsp3) is 0. The Morgan fingerprint density at radius 2 is 0.821 bits per heavy atom. The molecule has 0 spiro atoms. The molecule has 0 bridgehead atoms. The summed E-state index contributed by atoms with van der Waals surface area (Å²) in [5.41, 5.74) is 12.4. The Hall–Kier alpha value is -7.63. The maximum Gasteiger partial charge on any atom is 0.238 e. The number of hydrogen-bond acceptors (Lipinski definition) is 4. The summed E-state index contributed by atoms with van der Waals surface area (Å²) in [7, 11) is 0. The van der Waals surface area contributed by atoms with Gasteiger partial charge < -0.3 is 4.42 Å². The van der Waals surface area contributed by atoms with E-state index in [0.717, 1.165) is 82.7 Å². The van der Waals surface area contributed by atoms with Crippen molar-refractivity contribution in [1.29, 1.82) is 0 Å². The van der Waals surface area contributed by atoms with Crippen LogP contribution in [0, 0.1) is 0 Å². The molecule has 0 fully saturated rings. The van der Waals surface area contributed by atoms with Gasteiger partial charge in [0.05, 0.1) is 11.0 Å². The zero-order chi connectivity index (χ0) is 37.0. The Balaban J connectivity index is 1.01. The lowest BCUT2D eigenvalue weighted by Gasteiger charge is -2.12. The summed E-state index contributed by atoms with van der Waals surface area (Å²) in [6, 6.07) is 67.4. The van der Waals surface area contributed by atoms with Gasteiger partial charge in [-0.25, -0.2) is 4.98 Å². The van der Waals surface area contributed by atoms with Crippen LogP contribution < -0.4 is 0 Å². The van der Waals surface area contributed by atoms with Crippen molar-refractivity contribution in [1.82, 2.24) is 19.5 Å². The second-order valence-electron chi connectivity index (χ2n) is 14.0. The van der Waals surface area contributed by atoms with E-state index in [4.69, 9.17) is 19.4 Å². The van der Waals surface area contributed by atoms with Crippen molar-refractivity contribution in [2.75, 3.05) is 0 Å². The molecule has 0 aliphatic heterocycles. The summed E-state index contributed by atoms with van der Waals surface area (Å²) >= 11 is 0. The van der Waals surface area contributed by atoms with Crippen LogP contribution in [-0.4, -0.2) is 19.5 Å². The number of benzene rings is 8. The van der Waals surface area contributed by atoms with Crippen molar-refractivity contribution >= 4 is 43.7 Å². The second kappa shape index (κ2) is 13.0. The van der Waals surface area contributed by atoms with E-state index in [1.807, 2.05) is 18.2 Å². The molecule has 262 valence electrons. The molecule has 0 amide bonds. The number of para-hydroxylation sites is 4. The summed E-state index contributed by atoms with van der Waals surface area (Å²) in [5.74, 6) is 1.80. The van der Waals surface area contributed by atoms with Crippen molar-refractivity contribution in [3.05, 3.63) is 194 Å². The minimum absolute atomic E-state index is 0.575. The van der Waals surface area contributed by atoms with Crippen LogP contribution in [0.4, 0.5) is 0 Å². The Kier molecular flexibility index (Phi) is 7.42. The molecular formula is C51H32N4O. The number of aromatic nitrogens is 4. The van der Waals surface area contributed by atoms with Crippen molar-refractivity contribution in [2.45, 2.75) is 0 Å². The lowest BCUT2D eigenvalue weighted by Crippen LogP contribution is -2.06. The van der Waals surface area contributed by atoms with E-state index in [1.165, 1.54) is 5.56 Å². The smallest absolute Gasteiger partial charge is 0.238 e. The normalized spacial score (nSPS) is 11.6. The van der Waals surface area contributed by atoms with E-state index in [9.17, 15) is 0 Å². The largest absolute Gasteiger partial charge is 0.455 e. The molecule has 56 heavy (non-hydrogen) atoms. The molecule has 3 aromatic heterocycles. The van der Waals surface area contributed by atoms with Gasteiger partial charge in [0, 0.05) is 38.2 Å². The molecule has 0 unspecified atom stereocenters. The Labute approximate surface area is 322 Å². The third kappa shape index (κ3) is 5.37. The first-order valence-electron chi connectivity index (χ1n) is 18.8. The zero-order valence-electron chi connectivity index (χ0n) is 30.2. The van der Waals surface area contributed by atoms with E-state index in [-0.39, 0.29) is 0 Å². The van der Waals surface area contributed by atoms with Gasteiger partial charge in [-0.3, -0.25) is 4.57 Å². The standard InChI is InChI=1S/C51H32N4O/c1-2-12-33(13-3-1)34-24-28-36(29-25-34)49-52-50(54-51(53-49)55-45-21-7-4-16-41(45)42-17-5-8-22-46(42)55)37-30-26-35(27-31-37)38-14-10-15-39(32-38)40-19-11-20-44-43-18-6-9-23-47(43)56-48(40)44/h1-32H.